The summed E-state index contributed by atoms with van der Waals surface area (Å²) in [5.41, 5.74) is 4.06. The minimum Gasteiger partial charge on any atom is -0.310 e. The molecule has 0 aromatic heterocycles. The molecule has 0 aliphatic carbocycles. The molecule has 0 spiro atoms. The molecule has 1 atom stereocenters. The van der Waals surface area contributed by atoms with Gasteiger partial charge in [0.15, 0.2) is 0 Å². The number of carbonyl (C=O) groups excluding carboxylic acids is 1. The van der Waals surface area contributed by atoms with Gasteiger partial charge in [0.25, 0.3) is 0 Å². The minimum absolute atomic E-state index is 0.339. The van der Waals surface area contributed by atoms with Gasteiger partial charge in [-0.3, -0.25) is 4.79 Å². The third kappa shape index (κ3) is 3.83. The van der Waals surface area contributed by atoms with Crippen molar-refractivity contribution in [3.8, 4) is 0 Å². The van der Waals surface area contributed by atoms with E-state index in [2.05, 4.69) is 41.7 Å². The summed E-state index contributed by atoms with van der Waals surface area (Å²) in [6, 6.07) is 19.2. The number of nitrogens with one attached hydrogen (secondary N) is 1. The van der Waals surface area contributed by atoms with Crippen LogP contribution in [0, 0.1) is 0 Å². The highest BCUT2D eigenvalue weighted by molar-refractivity contribution is 5.78. The summed E-state index contributed by atoms with van der Waals surface area (Å²) < 4.78 is 0. The summed E-state index contributed by atoms with van der Waals surface area (Å²) in [6.45, 7) is 1.01. The summed E-state index contributed by atoms with van der Waals surface area (Å²) in [4.78, 5) is 12.1. The van der Waals surface area contributed by atoms with E-state index in [0.717, 1.165) is 25.8 Å². The lowest BCUT2D eigenvalue weighted by molar-refractivity contribution is -0.119. The van der Waals surface area contributed by atoms with Crippen LogP contribution in [0.15, 0.2) is 54.6 Å². The van der Waals surface area contributed by atoms with Gasteiger partial charge in [-0.15, -0.1) is 0 Å². The highest BCUT2D eigenvalue weighted by atomic mass is 16.1. The van der Waals surface area contributed by atoms with E-state index in [-0.39, 0.29) is 0 Å². The normalized spacial score (nSPS) is 17.0. The second kappa shape index (κ2) is 7.37. The molecule has 22 heavy (non-hydrogen) atoms. The number of rotatable bonds is 6. The smallest absolute Gasteiger partial charge is 0.133 e. The zero-order valence-corrected chi connectivity index (χ0v) is 12.9. The molecule has 114 valence electrons. The molecule has 1 aliphatic rings. The fraction of sp³-hybridized carbons (Fsp3) is 0.350. The third-order valence-electron chi connectivity index (χ3n) is 4.46. The van der Waals surface area contributed by atoms with Crippen molar-refractivity contribution in [1.29, 1.82) is 0 Å². The molecular weight excluding hydrogens is 270 g/mol. The Bertz CT molecular complexity index is 621. The van der Waals surface area contributed by atoms with Crippen molar-refractivity contribution in [2.24, 2.45) is 0 Å². The van der Waals surface area contributed by atoms with Crippen LogP contribution in [0.25, 0.3) is 0 Å². The van der Waals surface area contributed by atoms with Crippen LogP contribution in [0.3, 0.4) is 0 Å². The van der Waals surface area contributed by atoms with Crippen molar-refractivity contribution >= 4 is 5.78 Å². The molecule has 0 radical (unpaired) electrons. The van der Waals surface area contributed by atoms with Crippen molar-refractivity contribution in [2.75, 3.05) is 6.54 Å². The first-order chi connectivity index (χ1) is 10.8. The lowest BCUT2D eigenvalue weighted by Gasteiger charge is -2.26. The Labute approximate surface area is 132 Å². The number of aryl methyl sites for hydroxylation is 1. The molecule has 2 aromatic carbocycles. The van der Waals surface area contributed by atoms with Gasteiger partial charge in [-0.25, -0.2) is 0 Å². The van der Waals surface area contributed by atoms with Crippen LogP contribution in [-0.4, -0.2) is 12.3 Å². The van der Waals surface area contributed by atoms with E-state index in [1.165, 1.54) is 16.7 Å². The van der Waals surface area contributed by atoms with Crippen LogP contribution < -0.4 is 5.32 Å². The maximum absolute atomic E-state index is 12.1. The van der Waals surface area contributed by atoms with Crippen LogP contribution >= 0.6 is 0 Å². The third-order valence-corrected chi connectivity index (χ3v) is 4.46. The lowest BCUT2D eigenvalue weighted by Crippen LogP contribution is -2.30. The number of fused-ring (bicyclic) bond motifs is 1. The first-order valence-corrected chi connectivity index (χ1v) is 8.20. The van der Waals surface area contributed by atoms with E-state index in [1.807, 2.05) is 18.2 Å². The number of hydrogen-bond donors (Lipinski definition) is 1. The summed E-state index contributed by atoms with van der Waals surface area (Å²) in [5.74, 6) is 0.369. The van der Waals surface area contributed by atoms with Gasteiger partial charge in [-0.05, 0) is 42.5 Å². The predicted molar refractivity (Wildman–Crippen MR) is 89.9 cm³/mol. The SMILES string of the molecule is O=C(CCc1ccccc1)CCC1NCCc2ccccc21. The Morgan fingerprint density at radius 1 is 1.00 bits per heavy atom. The molecule has 2 heteroatoms. The molecule has 0 fully saturated rings. The van der Waals surface area contributed by atoms with Crippen molar-refractivity contribution in [3.63, 3.8) is 0 Å². The Balaban J connectivity index is 1.50. The number of hydrogen-bond acceptors (Lipinski definition) is 2. The van der Waals surface area contributed by atoms with Crippen molar-refractivity contribution in [3.05, 3.63) is 71.3 Å². The van der Waals surface area contributed by atoms with Crippen LogP contribution in [0.5, 0.6) is 0 Å². The van der Waals surface area contributed by atoms with Gasteiger partial charge in [0.2, 0.25) is 0 Å². The molecular formula is C20H23NO. The molecule has 0 amide bonds. The number of ketones is 1. The van der Waals surface area contributed by atoms with E-state index in [0.29, 0.717) is 24.7 Å². The van der Waals surface area contributed by atoms with Gasteiger partial charge >= 0.3 is 0 Å². The van der Waals surface area contributed by atoms with Gasteiger partial charge in [0, 0.05) is 18.9 Å². The lowest BCUT2D eigenvalue weighted by atomic mass is 9.91. The van der Waals surface area contributed by atoms with Crippen LogP contribution in [0.1, 0.15) is 42.0 Å². The fourth-order valence-corrected chi connectivity index (χ4v) is 3.21. The largest absolute Gasteiger partial charge is 0.310 e. The maximum atomic E-state index is 12.1. The highest BCUT2D eigenvalue weighted by Crippen LogP contribution is 2.26. The summed E-state index contributed by atoms with van der Waals surface area (Å²) in [6.07, 6.45) is 4.17. The highest BCUT2D eigenvalue weighted by Gasteiger charge is 2.19. The van der Waals surface area contributed by atoms with Crippen molar-refractivity contribution in [2.45, 2.75) is 38.1 Å². The average Bonchev–Trinajstić information content (AvgIpc) is 2.59. The standard InChI is InChI=1S/C20H23NO/c22-18(11-10-16-6-2-1-3-7-16)12-13-20-19-9-5-4-8-17(19)14-15-21-20/h1-9,20-21H,10-15H2. The zero-order valence-electron chi connectivity index (χ0n) is 12.9. The quantitative estimate of drug-likeness (QED) is 0.876. The number of benzene rings is 2. The van der Waals surface area contributed by atoms with Gasteiger partial charge in [0.05, 0.1) is 0 Å². The Kier molecular flexibility index (Phi) is 5.02. The van der Waals surface area contributed by atoms with Gasteiger partial charge in [-0.2, -0.15) is 0 Å². The van der Waals surface area contributed by atoms with E-state index in [4.69, 9.17) is 0 Å². The van der Waals surface area contributed by atoms with Crippen LogP contribution in [0.4, 0.5) is 0 Å². The second-order valence-electron chi connectivity index (χ2n) is 6.02. The van der Waals surface area contributed by atoms with E-state index >= 15 is 0 Å². The minimum atomic E-state index is 0.339. The van der Waals surface area contributed by atoms with Gasteiger partial charge in [-0.1, -0.05) is 54.6 Å². The molecule has 1 heterocycles. The molecule has 0 saturated carbocycles. The topological polar surface area (TPSA) is 29.1 Å². The second-order valence-corrected chi connectivity index (χ2v) is 6.02. The molecule has 1 unspecified atom stereocenters. The summed E-state index contributed by atoms with van der Waals surface area (Å²) in [7, 11) is 0. The zero-order chi connectivity index (χ0) is 15.2. The van der Waals surface area contributed by atoms with Gasteiger partial charge < -0.3 is 5.32 Å². The van der Waals surface area contributed by atoms with E-state index in [1.54, 1.807) is 0 Å². The van der Waals surface area contributed by atoms with E-state index in [9.17, 15) is 4.79 Å². The first-order valence-electron chi connectivity index (χ1n) is 8.20. The van der Waals surface area contributed by atoms with Gasteiger partial charge in [0.1, 0.15) is 5.78 Å². The monoisotopic (exact) mass is 293 g/mol. The predicted octanol–water partition coefficient (Wildman–Crippen LogP) is 3.86. The summed E-state index contributed by atoms with van der Waals surface area (Å²) in [5, 5.41) is 3.55. The number of Topliss-reactive ketones (excluding diaryl/α,β-unsaturated/α-hetero) is 1. The number of carbonyl (C=O) groups is 1. The molecule has 3 rings (SSSR count). The van der Waals surface area contributed by atoms with Crippen LogP contribution in [0.2, 0.25) is 0 Å². The molecule has 0 bridgehead atoms. The average molecular weight is 293 g/mol. The maximum Gasteiger partial charge on any atom is 0.133 e. The Hall–Kier alpha value is -1.93. The summed E-state index contributed by atoms with van der Waals surface area (Å²) >= 11 is 0. The molecule has 1 N–H and O–H groups in total. The first kappa shape index (κ1) is 15.0. The molecule has 0 saturated heterocycles. The van der Waals surface area contributed by atoms with E-state index < -0.39 is 0 Å². The Morgan fingerprint density at radius 3 is 2.64 bits per heavy atom. The van der Waals surface area contributed by atoms with Crippen molar-refractivity contribution < 1.29 is 4.79 Å². The molecule has 1 aliphatic heterocycles. The molecule has 2 aromatic rings. The molecule has 2 nitrogen and oxygen atoms in total. The van der Waals surface area contributed by atoms with Crippen LogP contribution in [-0.2, 0) is 17.6 Å². The fourth-order valence-electron chi connectivity index (χ4n) is 3.21. The Morgan fingerprint density at radius 2 is 1.77 bits per heavy atom. The van der Waals surface area contributed by atoms with Crippen molar-refractivity contribution in [1.82, 2.24) is 5.32 Å².